The highest BCUT2D eigenvalue weighted by molar-refractivity contribution is 7.91. The molecule has 3 aromatic rings. The highest BCUT2D eigenvalue weighted by atomic mass is 32.2. The van der Waals surface area contributed by atoms with Crippen LogP contribution in [-0.4, -0.2) is 8.42 Å². The van der Waals surface area contributed by atoms with Crippen molar-refractivity contribution in [1.82, 2.24) is 0 Å². The van der Waals surface area contributed by atoms with Crippen molar-refractivity contribution < 1.29 is 17.9 Å². The molecule has 0 bridgehead atoms. The summed E-state index contributed by atoms with van der Waals surface area (Å²) < 4.78 is 36.8. The van der Waals surface area contributed by atoms with Gasteiger partial charge in [0.2, 0.25) is 9.84 Å². The molecule has 0 heterocycles. The molecule has 0 unspecified atom stereocenters. The number of allylic oxidation sites excluding steroid dienone is 3. The molecule has 0 aromatic heterocycles. The van der Waals surface area contributed by atoms with Crippen LogP contribution < -0.4 is 9.47 Å². The molecule has 0 N–H and O–H groups in total. The fourth-order valence-corrected chi connectivity index (χ4v) is 3.71. The predicted molar refractivity (Wildman–Crippen MR) is 135 cm³/mol. The maximum Gasteiger partial charge on any atom is 0.206 e. The summed E-state index contributed by atoms with van der Waals surface area (Å²) >= 11 is 0. The average Bonchev–Trinajstić information content (AvgIpc) is 2.81. The van der Waals surface area contributed by atoms with Crippen LogP contribution in [0, 0.1) is 6.92 Å². The molecule has 0 atom stereocenters. The first-order valence-electron chi connectivity index (χ1n) is 10.4. The maximum atomic E-state index is 12.8. The zero-order valence-electron chi connectivity index (χ0n) is 19.5. The molecule has 0 radical (unpaired) electrons. The molecular weight excluding hydrogens is 432 g/mol. The first kappa shape index (κ1) is 25.7. The molecule has 0 aliphatic carbocycles. The lowest BCUT2D eigenvalue weighted by Gasteiger charge is -2.09. The summed E-state index contributed by atoms with van der Waals surface area (Å²) in [5.41, 5.74) is 2.52. The Morgan fingerprint density at radius 1 is 0.788 bits per heavy atom. The lowest BCUT2D eigenvalue weighted by atomic mass is 10.2. The smallest absolute Gasteiger partial charge is 0.206 e. The number of ether oxygens (including phenoxy) is 2. The molecule has 0 saturated heterocycles. The fourth-order valence-electron chi connectivity index (χ4n) is 2.45. The van der Waals surface area contributed by atoms with Gasteiger partial charge in [0.15, 0.2) is 0 Å². The van der Waals surface area contributed by atoms with Gasteiger partial charge in [-0.3, -0.25) is 0 Å². The molecule has 0 aliphatic heterocycles. The van der Waals surface area contributed by atoms with Crippen LogP contribution in [0.25, 0.3) is 0 Å². The molecule has 33 heavy (non-hydrogen) atoms. The second-order valence-electron chi connectivity index (χ2n) is 7.50. The SMILES string of the molecule is C=CC(=C)Oc1ccc(S(=O)(=O)c2ccc(Oc3ccc(C)cc3)cc2)cc1.CC=C(C)C. The summed E-state index contributed by atoms with van der Waals surface area (Å²) in [6.45, 7) is 15.4. The Balaban J connectivity index is 0.000000696. The van der Waals surface area contributed by atoms with E-state index < -0.39 is 9.84 Å². The Morgan fingerprint density at radius 3 is 1.58 bits per heavy atom. The quantitative estimate of drug-likeness (QED) is 0.205. The van der Waals surface area contributed by atoms with Gasteiger partial charge < -0.3 is 9.47 Å². The van der Waals surface area contributed by atoms with E-state index in [2.05, 4.69) is 33.1 Å². The van der Waals surface area contributed by atoms with E-state index in [1.165, 1.54) is 35.9 Å². The Labute approximate surface area is 197 Å². The minimum Gasteiger partial charge on any atom is -0.458 e. The number of sulfone groups is 1. The van der Waals surface area contributed by atoms with Gasteiger partial charge >= 0.3 is 0 Å². The van der Waals surface area contributed by atoms with E-state index in [4.69, 9.17) is 9.47 Å². The minimum atomic E-state index is -3.64. The highest BCUT2D eigenvalue weighted by Crippen LogP contribution is 2.27. The van der Waals surface area contributed by atoms with Crippen LogP contribution in [0.3, 0.4) is 0 Å². The van der Waals surface area contributed by atoms with E-state index in [1.807, 2.05) is 38.1 Å². The predicted octanol–water partition coefficient (Wildman–Crippen LogP) is 7.67. The largest absolute Gasteiger partial charge is 0.458 e. The molecular formula is C28H30O4S. The molecule has 3 rings (SSSR count). The summed E-state index contributed by atoms with van der Waals surface area (Å²) in [4.78, 5) is 0.365. The zero-order valence-corrected chi connectivity index (χ0v) is 20.4. The second kappa shape index (κ2) is 11.9. The summed E-state index contributed by atoms with van der Waals surface area (Å²) in [7, 11) is -3.64. The standard InChI is InChI=1S/C23H20O4S.C5H10/c1-4-18(3)26-19-9-13-22(14-10-19)28(24,25)23-15-11-21(12-16-23)27-20-7-5-17(2)6-8-20;1-4-5(2)3/h4-16H,1,3H2,2H3;4H,1-3H3. The second-order valence-corrected chi connectivity index (χ2v) is 9.45. The zero-order chi connectivity index (χ0) is 24.4. The maximum absolute atomic E-state index is 12.8. The van der Waals surface area contributed by atoms with Gasteiger partial charge in [-0.25, -0.2) is 8.42 Å². The molecule has 0 fully saturated rings. The number of benzene rings is 3. The third-order valence-corrected chi connectivity index (χ3v) is 6.36. The van der Waals surface area contributed by atoms with Crippen molar-refractivity contribution in [3.05, 3.63) is 115 Å². The van der Waals surface area contributed by atoms with Crippen molar-refractivity contribution in [3.63, 3.8) is 0 Å². The fraction of sp³-hybridized carbons (Fsp3) is 0.143. The molecule has 0 amide bonds. The van der Waals surface area contributed by atoms with Gasteiger partial charge in [0.1, 0.15) is 23.0 Å². The first-order chi connectivity index (χ1) is 15.6. The molecule has 172 valence electrons. The van der Waals surface area contributed by atoms with Gasteiger partial charge in [0.25, 0.3) is 0 Å². The van der Waals surface area contributed by atoms with Crippen LogP contribution in [0.1, 0.15) is 26.3 Å². The molecule has 3 aromatic carbocycles. The molecule has 0 saturated carbocycles. The van der Waals surface area contributed by atoms with Crippen LogP contribution in [0.2, 0.25) is 0 Å². The number of hydrogen-bond acceptors (Lipinski definition) is 4. The highest BCUT2D eigenvalue weighted by Gasteiger charge is 2.17. The molecule has 0 aliphatic rings. The van der Waals surface area contributed by atoms with E-state index >= 15 is 0 Å². The molecule has 0 spiro atoms. The third kappa shape index (κ3) is 7.81. The minimum absolute atomic E-state index is 0.177. The Bertz CT molecular complexity index is 1200. The topological polar surface area (TPSA) is 52.6 Å². The van der Waals surface area contributed by atoms with Crippen molar-refractivity contribution >= 4 is 9.84 Å². The normalized spacial score (nSPS) is 10.3. The Kier molecular flexibility index (Phi) is 9.25. The number of rotatable bonds is 7. The van der Waals surface area contributed by atoms with Gasteiger partial charge in [0, 0.05) is 0 Å². The van der Waals surface area contributed by atoms with Crippen molar-refractivity contribution in [2.45, 2.75) is 37.5 Å². The Morgan fingerprint density at radius 2 is 1.18 bits per heavy atom. The van der Waals surface area contributed by atoms with Gasteiger partial charge in [-0.2, -0.15) is 0 Å². The summed E-state index contributed by atoms with van der Waals surface area (Å²) in [6, 6.07) is 20.1. The molecule has 4 nitrogen and oxygen atoms in total. The van der Waals surface area contributed by atoms with Crippen LogP contribution in [0.5, 0.6) is 17.2 Å². The van der Waals surface area contributed by atoms with Crippen molar-refractivity contribution in [1.29, 1.82) is 0 Å². The third-order valence-electron chi connectivity index (χ3n) is 4.58. The van der Waals surface area contributed by atoms with Gasteiger partial charge in [-0.1, -0.05) is 42.5 Å². The van der Waals surface area contributed by atoms with Gasteiger partial charge in [-0.15, -0.1) is 0 Å². The van der Waals surface area contributed by atoms with Crippen LogP contribution in [-0.2, 0) is 9.84 Å². The van der Waals surface area contributed by atoms with Crippen LogP contribution in [0.4, 0.5) is 0 Å². The number of hydrogen-bond donors (Lipinski definition) is 0. The van der Waals surface area contributed by atoms with Crippen molar-refractivity contribution in [3.8, 4) is 17.2 Å². The average molecular weight is 463 g/mol. The first-order valence-corrected chi connectivity index (χ1v) is 11.9. The van der Waals surface area contributed by atoms with E-state index in [1.54, 1.807) is 24.3 Å². The van der Waals surface area contributed by atoms with E-state index in [-0.39, 0.29) is 9.79 Å². The summed E-state index contributed by atoms with van der Waals surface area (Å²) in [5, 5.41) is 0. The van der Waals surface area contributed by atoms with Gasteiger partial charge in [-0.05, 0) is 94.4 Å². The Hall–Kier alpha value is -3.57. The van der Waals surface area contributed by atoms with Crippen LogP contribution >= 0.6 is 0 Å². The monoisotopic (exact) mass is 462 g/mol. The van der Waals surface area contributed by atoms with Crippen molar-refractivity contribution in [2.75, 3.05) is 0 Å². The van der Waals surface area contributed by atoms with E-state index in [0.29, 0.717) is 23.0 Å². The summed E-state index contributed by atoms with van der Waals surface area (Å²) in [6.07, 6.45) is 3.56. The van der Waals surface area contributed by atoms with E-state index in [9.17, 15) is 8.42 Å². The van der Waals surface area contributed by atoms with Crippen molar-refractivity contribution in [2.24, 2.45) is 0 Å². The molecule has 5 heteroatoms. The lowest BCUT2D eigenvalue weighted by Crippen LogP contribution is -2.02. The van der Waals surface area contributed by atoms with E-state index in [0.717, 1.165) is 5.56 Å². The number of aryl methyl sites for hydroxylation is 1. The summed E-state index contributed by atoms with van der Waals surface area (Å²) in [5.74, 6) is 2.14. The van der Waals surface area contributed by atoms with Gasteiger partial charge in [0.05, 0.1) is 9.79 Å². The lowest BCUT2D eigenvalue weighted by molar-refractivity contribution is 0.447. The van der Waals surface area contributed by atoms with Crippen LogP contribution in [0.15, 0.2) is 119 Å².